The first-order valence-electron chi connectivity index (χ1n) is 8.06. The Hall–Kier alpha value is -2.65. The lowest BCUT2D eigenvalue weighted by Crippen LogP contribution is -2.31. The van der Waals surface area contributed by atoms with Crippen molar-refractivity contribution in [3.05, 3.63) is 35.5 Å². The smallest absolute Gasteiger partial charge is 0.354 e. The van der Waals surface area contributed by atoms with Gasteiger partial charge in [0, 0.05) is 18.6 Å². The summed E-state index contributed by atoms with van der Waals surface area (Å²) < 4.78 is 65.1. The molecule has 0 aliphatic rings. The normalized spacial score (nSPS) is 12.6. The molecule has 0 aliphatic heterocycles. The summed E-state index contributed by atoms with van der Waals surface area (Å²) in [6.07, 6.45) is -3.63. The Labute approximate surface area is 172 Å². The maximum Gasteiger partial charge on any atom is 0.416 e. The number of aromatic nitrogens is 2. The second kappa shape index (κ2) is 9.90. The fraction of sp³-hybridized carbons (Fsp3) is 0.333. The first-order chi connectivity index (χ1) is 14.0. The highest BCUT2D eigenvalue weighted by molar-refractivity contribution is 7.99. The topological polar surface area (TPSA) is 147 Å². The van der Waals surface area contributed by atoms with E-state index in [9.17, 15) is 31.6 Å². The van der Waals surface area contributed by atoms with Gasteiger partial charge in [-0.3, -0.25) is 15.5 Å². The summed E-state index contributed by atoms with van der Waals surface area (Å²) in [5.74, 6) is -1.38. The van der Waals surface area contributed by atoms with Gasteiger partial charge in [0.15, 0.2) is 26.4 Å². The highest BCUT2D eigenvalue weighted by Gasteiger charge is 2.30. The van der Waals surface area contributed by atoms with Gasteiger partial charge in [0.25, 0.3) is 0 Å². The standard InChI is InChI=1S/C15H16F3N5O5S2/c1-30(26,27)8-11(24)19-5-6-29-14-12(22-28-23-14)13(21-25)20-10-4-2-3-9(7-10)15(16,17)18/h2-4,7,25H,5-6,8H2,1H3,(H,19,24)(H,20,21). The van der Waals surface area contributed by atoms with Crippen LogP contribution in [0.15, 0.2) is 38.9 Å². The Morgan fingerprint density at radius 2 is 2.07 bits per heavy atom. The zero-order chi connectivity index (χ0) is 22.4. The monoisotopic (exact) mass is 467 g/mol. The maximum absolute atomic E-state index is 12.8. The molecule has 2 aromatic rings. The van der Waals surface area contributed by atoms with Crippen LogP contribution >= 0.6 is 11.8 Å². The Morgan fingerprint density at radius 3 is 2.70 bits per heavy atom. The molecule has 1 amide bonds. The molecule has 2 rings (SSSR count). The van der Waals surface area contributed by atoms with Gasteiger partial charge >= 0.3 is 6.18 Å². The third-order valence-corrected chi connectivity index (χ3v) is 5.00. The number of hydrogen-bond donors (Lipinski definition) is 3. The Kier molecular flexibility index (Phi) is 7.80. The van der Waals surface area contributed by atoms with Gasteiger partial charge in [-0.05, 0) is 28.5 Å². The zero-order valence-corrected chi connectivity index (χ0v) is 16.9. The number of carbonyl (C=O) groups is 1. The molecule has 0 spiro atoms. The molecule has 0 aliphatic carbocycles. The molecule has 0 saturated carbocycles. The number of nitrogens with zero attached hydrogens (tertiary/aromatic N) is 3. The average molecular weight is 467 g/mol. The molecule has 0 unspecified atom stereocenters. The third-order valence-electron chi connectivity index (χ3n) is 3.26. The minimum atomic E-state index is -4.56. The van der Waals surface area contributed by atoms with Gasteiger partial charge in [-0.1, -0.05) is 17.8 Å². The molecule has 15 heteroatoms. The number of amidine groups is 1. The summed E-state index contributed by atoms with van der Waals surface area (Å²) in [5.41, 5.74) is 0.654. The number of halogens is 3. The van der Waals surface area contributed by atoms with Crippen molar-refractivity contribution in [3.63, 3.8) is 0 Å². The summed E-state index contributed by atoms with van der Waals surface area (Å²) in [6.45, 7) is 0.0952. The molecule has 0 atom stereocenters. The lowest BCUT2D eigenvalue weighted by molar-refractivity contribution is -0.137. The van der Waals surface area contributed by atoms with Gasteiger partial charge in [0.05, 0.1) is 11.3 Å². The van der Waals surface area contributed by atoms with E-state index in [4.69, 9.17) is 0 Å². The van der Waals surface area contributed by atoms with Gasteiger partial charge in [-0.2, -0.15) is 13.2 Å². The van der Waals surface area contributed by atoms with E-state index in [1.807, 2.05) is 0 Å². The van der Waals surface area contributed by atoms with Crippen molar-refractivity contribution in [1.29, 1.82) is 0 Å². The molecule has 30 heavy (non-hydrogen) atoms. The first kappa shape index (κ1) is 23.6. The summed E-state index contributed by atoms with van der Waals surface area (Å²) >= 11 is 1.03. The molecule has 10 nitrogen and oxygen atoms in total. The molecular formula is C15H16F3N5O5S2. The number of benzene rings is 1. The Bertz CT molecular complexity index is 1020. The average Bonchev–Trinajstić information content (AvgIpc) is 3.09. The number of aliphatic imine (C=N–C) groups is 1. The number of thioether (sulfide) groups is 1. The van der Waals surface area contributed by atoms with Gasteiger partial charge in [-0.25, -0.2) is 18.0 Å². The zero-order valence-electron chi connectivity index (χ0n) is 15.3. The molecule has 164 valence electrons. The van der Waals surface area contributed by atoms with Crippen LogP contribution < -0.4 is 10.8 Å². The number of nitrogens with one attached hydrogen (secondary N) is 2. The lowest BCUT2D eigenvalue weighted by Gasteiger charge is -2.07. The van der Waals surface area contributed by atoms with Crippen molar-refractivity contribution >= 4 is 39.0 Å². The summed E-state index contributed by atoms with van der Waals surface area (Å²) in [5, 5.41) is 19.1. The van der Waals surface area contributed by atoms with Crippen LogP contribution in [0, 0.1) is 0 Å². The van der Waals surface area contributed by atoms with E-state index in [1.165, 1.54) is 6.07 Å². The molecule has 0 bridgehead atoms. The summed E-state index contributed by atoms with van der Waals surface area (Å²) in [6, 6.07) is 4.12. The van der Waals surface area contributed by atoms with Crippen LogP contribution in [0.1, 0.15) is 11.3 Å². The Morgan fingerprint density at radius 1 is 1.33 bits per heavy atom. The van der Waals surface area contributed by atoms with Gasteiger partial charge < -0.3 is 5.32 Å². The van der Waals surface area contributed by atoms with Gasteiger partial charge in [0.2, 0.25) is 5.91 Å². The van der Waals surface area contributed by atoms with Crippen LogP contribution in [0.3, 0.4) is 0 Å². The molecule has 0 radical (unpaired) electrons. The highest BCUT2D eigenvalue weighted by atomic mass is 32.2. The Balaban J connectivity index is 2.07. The molecule has 1 aromatic heterocycles. The van der Waals surface area contributed by atoms with E-state index >= 15 is 0 Å². The number of carbonyl (C=O) groups excluding carboxylic acids is 1. The minimum Gasteiger partial charge on any atom is -0.354 e. The van der Waals surface area contributed by atoms with Crippen molar-refractivity contribution in [1.82, 2.24) is 21.1 Å². The molecular weight excluding hydrogens is 451 g/mol. The van der Waals surface area contributed by atoms with E-state index in [0.29, 0.717) is 0 Å². The molecule has 1 aromatic carbocycles. The van der Waals surface area contributed by atoms with Crippen molar-refractivity contribution in [2.45, 2.75) is 11.2 Å². The lowest BCUT2D eigenvalue weighted by atomic mass is 10.2. The molecule has 1 heterocycles. The van der Waals surface area contributed by atoms with Crippen LogP contribution in [0.5, 0.6) is 0 Å². The number of hydrogen-bond acceptors (Lipinski definition) is 9. The fourth-order valence-corrected chi connectivity index (χ4v) is 3.39. The van der Waals surface area contributed by atoms with Crippen molar-refractivity contribution in [2.75, 3.05) is 24.3 Å². The molecule has 3 N–H and O–H groups in total. The molecule has 0 saturated heterocycles. The number of amides is 1. The minimum absolute atomic E-state index is 0.0672. The summed E-state index contributed by atoms with van der Waals surface area (Å²) in [4.78, 5) is 15.3. The number of sulfone groups is 1. The number of rotatable bonds is 8. The molecule has 0 fully saturated rings. The third kappa shape index (κ3) is 7.31. The van der Waals surface area contributed by atoms with E-state index in [2.05, 4.69) is 25.3 Å². The maximum atomic E-state index is 12.8. The first-order valence-corrected chi connectivity index (χ1v) is 11.1. The van der Waals surface area contributed by atoms with Crippen LogP contribution in [0.4, 0.5) is 18.9 Å². The van der Waals surface area contributed by atoms with E-state index in [-0.39, 0.29) is 34.5 Å². The second-order valence-corrected chi connectivity index (χ2v) is 9.03. The van der Waals surface area contributed by atoms with E-state index in [1.54, 1.807) is 5.48 Å². The van der Waals surface area contributed by atoms with E-state index < -0.39 is 33.2 Å². The quantitative estimate of drug-likeness (QED) is 0.172. The van der Waals surface area contributed by atoms with Crippen molar-refractivity contribution in [2.24, 2.45) is 4.99 Å². The SMILES string of the molecule is CS(=O)(=O)CC(=O)NCCSc1nonc1C(=Nc1cccc(C(F)(F)F)c1)NO. The van der Waals surface area contributed by atoms with Crippen molar-refractivity contribution < 1.29 is 36.2 Å². The van der Waals surface area contributed by atoms with Gasteiger partial charge in [-0.15, -0.1) is 0 Å². The second-order valence-electron chi connectivity index (χ2n) is 5.81. The number of hydroxylamine groups is 1. The van der Waals surface area contributed by atoms with Crippen LogP contribution in [0.25, 0.3) is 0 Å². The van der Waals surface area contributed by atoms with Crippen LogP contribution in [-0.2, 0) is 20.8 Å². The summed E-state index contributed by atoms with van der Waals surface area (Å²) in [7, 11) is -3.45. The fourth-order valence-electron chi connectivity index (χ4n) is 2.06. The highest BCUT2D eigenvalue weighted by Crippen LogP contribution is 2.31. The predicted octanol–water partition coefficient (Wildman–Crippen LogP) is 1.40. The van der Waals surface area contributed by atoms with Crippen LogP contribution in [-0.4, -0.2) is 60.0 Å². The number of alkyl halides is 3. The largest absolute Gasteiger partial charge is 0.416 e. The predicted molar refractivity (Wildman–Crippen MR) is 100 cm³/mol. The van der Waals surface area contributed by atoms with Gasteiger partial charge in [0.1, 0.15) is 5.75 Å². The van der Waals surface area contributed by atoms with Crippen molar-refractivity contribution in [3.8, 4) is 0 Å². The van der Waals surface area contributed by atoms with E-state index in [0.717, 1.165) is 36.2 Å². The van der Waals surface area contributed by atoms with Crippen LogP contribution in [0.2, 0.25) is 0 Å².